The lowest BCUT2D eigenvalue weighted by atomic mass is 9.89. The molecule has 1 nitrogen and oxygen atoms in total. The van der Waals surface area contributed by atoms with Crippen molar-refractivity contribution in [3.05, 3.63) is 94.0 Å². The monoisotopic (exact) mass is 367 g/mol. The lowest BCUT2D eigenvalue weighted by Crippen LogP contribution is -1.94. The number of hydrogen-bond donors (Lipinski definition) is 0. The van der Waals surface area contributed by atoms with Gasteiger partial charge in [0.15, 0.2) is 5.75 Å². The van der Waals surface area contributed by atoms with Gasteiger partial charge in [0.25, 0.3) is 0 Å². The third-order valence-corrected chi connectivity index (χ3v) is 4.58. The molecule has 3 aromatic carbocycles. The lowest BCUT2D eigenvalue weighted by Gasteiger charge is -2.16. The fourth-order valence-electron chi connectivity index (χ4n) is 2.91. The molecule has 0 saturated carbocycles. The van der Waals surface area contributed by atoms with Crippen molar-refractivity contribution in [2.45, 2.75) is 13.3 Å². The van der Waals surface area contributed by atoms with Crippen molar-refractivity contribution in [3.63, 3.8) is 0 Å². The van der Waals surface area contributed by atoms with E-state index in [0.29, 0.717) is 15.6 Å². The van der Waals surface area contributed by atoms with Gasteiger partial charge >= 0.3 is 0 Å². The first-order chi connectivity index (χ1) is 12.1. The molecule has 0 aliphatic rings. The van der Waals surface area contributed by atoms with E-state index < -0.39 is 0 Å². The molecule has 1 radical (unpaired) electrons. The highest BCUT2D eigenvalue weighted by Gasteiger charge is 2.19. The van der Waals surface area contributed by atoms with Gasteiger partial charge in [-0.1, -0.05) is 78.7 Å². The molecule has 3 aromatic rings. The predicted octanol–water partition coefficient (Wildman–Crippen LogP) is 7.65. The van der Waals surface area contributed by atoms with E-state index in [1.165, 1.54) is 6.07 Å². The summed E-state index contributed by atoms with van der Waals surface area (Å²) < 4.78 is 0. The molecule has 3 heteroatoms. The van der Waals surface area contributed by atoms with E-state index in [9.17, 15) is 5.11 Å². The van der Waals surface area contributed by atoms with Crippen molar-refractivity contribution in [1.82, 2.24) is 0 Å². The number of benzene rings is 3. The summed E-state index contributed by atoms with van der Waals surface area (Å²) in [4.78, 5) is 0. The molecule has 0 fully saturated rings. The fourth-order valence-corrected chi connectivity index (χ4v) is 3.30. The highest BCUT2D eigenvalue weighted by Crippen LogP contribution is 2.43. The number of rotatable bonds is 4. The third kappa shape index (κ3) is 3.73. The van der Waals surface area contributed by atoms with Gasteiger partial charge in [-0.3, -0.25) is 5.11 Å². The van der Waals surface area contributed by atoms with Crippen molar-refractivity contribution in [1.29, 1.82) is 0 Å². The molecule has 25 heavy (non-hydrogen) atoms. The zero-order valence-corrected chi connectivity index (χ0v) is 15.3. The quantitative estimate of drug-likeness (QED) is 0.451. The van der Waals surface area contributed by atoms with Crippen LogP contribution in [-0.2, 0) is 5.11 Å². The van der Waals surface area contributed by atoms with E-state index in [0.717, 1.165) is 28.7 Å². The maximum atomic E-state index is 12.7. The summed E-state index contributed by atoms with van der Waals surface area (Å²) in [5.41, 5.74) is 4.19. The van der Waals surface area contributed by atoms with Crippen LogP contribution in [0.5, 0.6) is 5.75 Å². The van der Waals surface area contributed by atoms with E-state index in [1.807, 2.05) is 42.5 Å². The van der Waals surface area contributed by atoms with Gasteiger partial charge in [-0.2, -0.15) is 0 Å². The molecule has 0 saturated heterocycles. The third-order valence-electron chi connectivity index (χ3n) is 4.01. The highest BCUT2D eigenvalue weighted by molar-refractivity contribution is 6.33. The lowest BCUT2D eigenvalue weighted by molar-refractivity contribution is 0.356. The molecule has 0 bridgehead atoms. The van der Waals surface area contributed by atoms with Gasteiger partial charge in [-0.05, 0) is 47.4 Å². The molecule has 0 aliphatic heterocycles. The minimum atomic E-state index is -0.0559. The maximum Gasteiger partial charge on any atom is 0.187 e. The standard InChI is InChI=1S/C22H17Cl2O/c1-2-6-18(15-7-4-3-5-8-15)22-19(24)13-14-20(25)21(22)16-9-11-17(23)12-10-16/h3-14H,2H2,1H3. The molecule has 0 amide bonds. The van der Waals surface area contributed by atoms with Crippen molar-refractivity contribution in [3.8, 4) is 16.9 Å². The smallest absolute Gasteiger partial charge is 0.187 e. The Hall–Kier alpha value is -2.22. The summed E-state index contributed by atoms with van der Waals surface area (Å²) in [5, 5.41) is 13.9. The van der Waals surface area contributed by atoms with Crippen LogP contribution in [0.1, 0.15) is 24.5 Å². The number of allylic oxidation sites excluding steroid dienone is 1. The van der Waals surface area contributed by atoms with E-state index in [4.69, 9.17) is 23.2 Å². The Morgan fingerprint density at radius 2 is 1.60 bits per heavy atom. The van der Waals surface area contributed by atoms with Crippen LogP contribution in [0, 0.1) is 0 Å². The second-order valence-corrected chi connectivity index (χ2v) is 6.54. The van der Waals surface area contributed by atoms with Gasteiger partial charge in [-0.25, -0.2) is 0 Å². The van der Waals surface area contributed by atoms with Crippen LogP contribution in [-0.4, -0.2) is 0 Å². The van der Waals surface area contributed by atoms with Gasteiger partial charge in [0.2, 0.25) is 0 Å². The topological polar surface area (TPSA) is 19.9 Å². The Balaban J connectivity index is 2.29. The first-order valence-corrected chi connectivity index (χ1v) is 8.88. The normalized spacial score (nSPS) is 11.6. The summed E-state index contributed by atoms with van der Waals surface area (Å²) in [7, 11) is 0. The molecular weight excluding hydrogens is 351 g/mol. The maximum absolute atomic E-state index is 12.7. The van der Waals surface area contributed by atoms with E-state index in [-0.39, 0.29) is 5.75 Å². The first-order valence-electron chi connectivity index (χ1n) is 8.13. The molecule has 0 heterocycles. The Bertz CT molecular complexity index is 897. The molecule has 0 atom stereocenters. The fraction of sp³-hybridized carbons (Fsp3) is 0.0909. The molecule has 0 N–H and O–H groups in total. The summed E-state index contributed by atoms with van der Waals surface area (Å²) in [5.74, 6) is -0.0559. The van der Waals surface area contributed by atoms with Crippen molar-refractivity contribution in [2.75, 3.05) is 0 Å². The number of hydrogen-bond acceptors (Lipinski definition) is 0. The van der Waals surface area contributed by atoms with Crippen LogP contribution < -0.4 is 0 Å². The Kier molecular flexibility index (Phi) is 5.47. The number of halogens is 2. The van der Waals surface area contributed by atoms with Crippen LogP contribution in [0.15, 0.2) is 72.8 Å². The molecule has 3 rings (SSSR count). The molecule has 0 spiro atoms. The highest BCUT2D eigenvalue weighted by atomic mass is 35.5. The minimum Gasteiger partial charge on any atom is -0.289 e. The SMILES string of the molecule is CCC=C(c1ccccc1)c1c(Cl)ccc([O])c1-c1ccc(Cl)cc1. The summed E-state index contributed by atoms with van der Waals surface area (Å²) >= 11 is 12.6. The van der Waals surface area contributed by atoms with Gasteiger partial charge in [0.05, 0.1) is 0 Å². The first kappa shape index (κ1) is 17.6. The van der Waals surface area contributed by atoms with Gasteiger partial charge in [-0.15, -0.1) is 0 Å². The second-order valence-electron chi connectivity index (χ2n) is 5.69. The van der Waals surface area contributed by atoms with E-state index in [1.54, 1.807) is 18.2 Å². The molecule has 0 aliphatic carbocycles. The molecule has 125 valence electrons. The summed E-state index contributed by atoms with van der Waals surface area (Å²) in [6.07, 6.45) is 2.94. The average Bonchev–Trinajstić information content (AvgIpc) is 2.63. The van der Waals surface area contributed by atoms with E-state index >= 15 is 0 Å². The van der Waals surface area contributed by atoms with Crippen LogP contribution in [0.3, 0.4) is 0 Å². The van der Waals surface area contributed by atoms with Gasteiger partial charge in [0.1, 0.15) is 0 Å². The summed E-state index contributed by atoms with van der Waals surface area (Å²) in [6, 6.07) is 20.5. The van der Waals surface area contributed by atoms with Crippen molar-refractivity contribution < 1.29 is 5.11 Å². The predicted molar refractivity (Wildman–Crippen MR) is 106 cm³/mol. The molecule has 0 aromatic heterocycles. The Labute approximate surface area is 158 Å². The van der Waals surface area contributed by atoms with Crippen LogP contribution in [0.2, 0.25) is 10.0 Å². The average molecular weight is 368 g/mol. The summed E-state index contributed by atoms with van der Waals surface area (Å²) in [6.45, 7) is 2.07. The van der Waals surface area contributed by atoms with Crippen molar-refractivity contribution >= 4 is 28.8 Å². The van der Waals surface area contributed by atoms with Gasteiger partial charge < -0.3 is 0 Å². The van der Waals surface area contributed by atoms with Gasteiger partial charge in [0, 0.05) is 21.2 Å². The zero-order chi connectivity index (χ0) is 17.8. The molecular formula is C22H17Cl2O. The van der Waals surface area contributed by atoms with Crippen molar-refractivity contribution in [2.24, 2.45) is 0 Å². The largest absolute Gasteiger partial charge is 0.289 e. The zero-order valence-electron chi connectivity index (χ0n) is 13.8. The molecule has 0 unspecified atom stereocenters. The van der Waals surface area contributed by atoms with Crippen LogP contribution in [0.4, 0.5) is 0 Å². The van der Waals surface area contributed by atoms with E-state index in [2.05, 4.69) is 13.0 Å². The Morgan fingerprint density at radius 3 is 2.24 bits per heavy atom. The second kappa shape index (κ2) is 7.77. The van der Waals surface area contributed by atoms with Crippen LogP contribution in [0.25, 0.3) is 16.7 Å². The minimum absolute atomic E-state index is 0.0559. The van der Waals surface area contributed by atoms with Crippen LogP contribution >= 0.6 is 23.2 Å². The Morgan fingerprint density at radius 1 is 0.920 bits per heavy atom.